The number of likely N-dealkylation sites (tertiary alicyclic amines) is 1. The van der Waals surface area contributed by atoms with Crippen molar-refractivity contribution in [2.75, 3.05) is 26.2 Å². The average molecular weight is 281 g/mol. The first-order valence-electron chi connectivity index (χ1n) is 7.77. The lowest BCUT2D eigenvalue weighted by Crippen LogP contribution is -2.53. The topological polar surface area (TPSA) is 75.4 Å². The zero-order chi connectivity index (χ0) is 14.8. The quantitative estimate of drug-likeness (QED) is 0.803. The highest BCUT2D eigenvalue weighted by Gasteiger charge is 2.45. The number of carbonyl (C=O) groups excluding carboxylic acids is 2. The largest absolute Gasteiger partial charge is 0.355 e. The third kappa shape index (κ3) is 2.55. The summed E-state index contributed by atoms with van der Waals surface area (Å²) in [4.78, 5) is 26.4. The fourth-order valence-electron chi connectivity index (χ4n) is 3.69. The summed E-state index contributed by atoms with van der Waals surface area (Å²) in [6.45, 7) is 6.69. The summed E-state index contributed by atoms with van der Waals surface area (Å²) in [5.41, 5.74) is 5.43. The SMILES string of the molecule is CCC(CC)(CN)C(=O)N1CCCC2(CNC(=O)C2)C1. The molecule has 0 aromatic rings. The summed E-state index contributed by atoms with van der Waals surface area (Å²) in [6, 6.07) is 0. The summed E-state index contributed by atoms with van der Waals surface area (Å²) in [7, 11) is 0. The minimum absolute atomic E-state index is 0.0349. The summed E-state index contributed by atoms with van der Waals surface area (Å²) < 4.78 is 0. The number of amides is 2. The predicted molar refractivity (Wildman–Crippen MR) is 77.9 cm³/mol. The Bertz CT molecular complexity index is 384. The van der Waals surface area contributed by atoms with Gasteiger partial charge in [-0.25, -0.2) is 0 Å². The molecule has 2 aliphatic heterocycles. The van der Waals surface area contributed by atoms with E-state index in [0.29, 0.717) is 26.1 Å². The molecule has 2 aliphatic rings. The summed E-state index contributed by atoms with van der Waals surface area (Å²) in [5, 5.41) is 2.92. The Morgan fingerprint density at radius 1 is 1.45 bits per heavy atom. The Labute approximate surface area is 121 Å². The van der Waals surface area contributed by atoms with Crippen molar-refractivity contribution in [3.8, 4) is 0 Å². The lowest BCUT2D eigenvalue weighted by atomic mass is 9.76. The average Bonchev–Trinajstić information content (AvgIpc) is 2.82. The van der Waals surface area contributed by atoms with Crippen LogP contribution in [0.2, 0.25) is 0 Å². The molecule has 114 valence electrons. The van der Waals surface area contributed by atoms with Gasteiger partial charge >= 0.3 is 0 Å². The molecular weight excluding hydrogens is 254 g/mol. The lowest BCUT2D eigenvalue weighted by molar-refractivity contribution is -0.146. The van der Waals surface area contributed by atoms with E-state index >= 15 is 0 Å². The fraction of sp³-hybridized carbons (Fsp3) is 0.867. The number of nitrogens with zero attached hydrogens (tertiary/aromatic N) is 1. The summed E-state index contributed by atoms with van der Waals surface area (Å²) in [5.74, 6) is 0.304. The van der Waals surface area contributed by atoms with Crippen molar-refractivity contribution in [2.45, 2.75) is 46.0 Å². The molecule has 3 N–H and O–H groups in total. The maximum Gasteiger partial charge on any atom is 0.230 e. The van der Waals surface area contributed by atoms with Crippen LogP contribution < -0.4 is 11.1 Å². The van der Waals surface area contributed by atoms with Gasteiger partial charge in [-0.15, -0.1) is 0 Å². The summed E-state index contributed by atoms with van der Waals surface area (Å²) >= 11 is 0. The van der Waals surface area contributed by atoms with Gasteiger partial charge in [0, 0.05) is 38.0 Å². The van der Waals surface area contributed by atoms with Crippen molar-refractivity contribution in [2.24, 2.45) is 16.6 Å². The lowest BCUT2D eigenvalue weighted by Gasteiger charge is -2.43. The summed E-state index contributed by atoms with van der Waals surface area (Å²) in [6.07, 6.45) is 4.13. The van der Waals surface area contributed by atoms with Crippen molar-refractivity contribution < 1.29 is 9.59 Å². The second-order valence-corrected chi connectivity index (χ2v) is 6.48. The minimum atomic E-state index is -0.422. The van der Waals surface area contributed by atoms with Crippen molar-refractivity contribution in [3.05, 3.63) is 0 Å². The molecule has 0 saturated carbocycles. The first-order valence-corrected chi connectivity index (χ1v) is 7.77. The highest BCUT2D eigenvalue weighted by molar-refractivity contribution is 5.84. The molecule has 2 saturated heterocycles. The molecule has 2 amide bonds. The molecule has 2 fully saturated rings. The first kappa shape index (κ1) is 15.3. The minimum Gasteiger partial charge on any atom is -0.355 e. The van der Waals surface area contributed by atoms with Crippen LogP contribution in [0.4, 0.5) is 0 Å². The Balaban J connectivity index is 2.12. The second kappa shape index (κ2) is 5.72. The Kier molecular flexibility index (Phi) is 4.37. The molecular formula is C15H27N3O2. The molecule has 1 spiro atoms. The smallest absolute Gasteiger partial charge is 0.230 e. The van der Waals surface area contributed by atoms with Gasteiger partial charge in [0.05, 0.1) is 5.41 Å². The normalized spacial score (nSPS) is 26.9. The van der Waals surface area contributed by atoms with E-state index in [-0.39, 0.29) is 17.2 Å². The van der Waals surface area contributed by atoms with Crippen molar-refractivity contribution >= 4 is 11.8 Å². The number of nitrogens with two attached hydrogens (primary N) is 1. The van der Waals surface area contributed by atoms with E-state index in [1.165, 1.54) is 0 Å². The molecule has 0 aromatic heterocycles. The van der Waals surface area contributed by atoms with Crippen LogP contribution in [0.3, 0.4) is 0 Å². The highest BCUT2D eigenvalue weighted by atomic mass is 16.2. The van der Waals surface area contributed by atoms with Crippen LogP contribution in [0, 0.1) is 10.8 Å². The standard InChI is InChI=1S/C15H27N3O2/c1-3-15(4-2,9-16)13(20)18-7-5-6-14(11-18)8-12(19)17-10-14/h3-11,16H2,1-2H3,(H,17,19). The molecule has 0 aliphatic carbocycles. The number of carbonyl (C=O) groups is 2. The van der Waals surface area contributed by atoms with Gasteiger partial charge in [-0.3, -0.25) is 9.59 Å². The number of hydrogen-bond acceptors (Lipinski definition) is 3. The number of nitrogens with one attached hydrogen (secondary N) is 1. The monoisotopic (exact) mass is 281 g/mol. The molecule has 0 aromatic carbocycles. The molecule has 5 nitrogen and oxygen atoms in total. The number of rotatable bonds is 4. The Hall–Kier alpha value is -1.10. The predicted octanol–water partition coefficient (Wildman–Crippen LogP) is 0.880. The number of piperidine rings is 1. The van der Waals surface area contributed by atoms with Crippen molar-refractivity contribution in [1.82, 2.24) is 10.2 Å². The van der Waals surface area contributed by atoms with Crippen LogP contribution in [0.1, 0.15) is 46.0 Å². The van der Waals surface area contributed by atoms with E-state index in [1.807, 2.05) is 18.7 Å². The van der Waals surface area contributed by atoms with Crippen molar-refractivity contribution in [3.63, 3.8) is 0 Å². The van der Waals surface area contributed by atoms with E-state index < -0.39 is 5.41 Å². The molecule has 1 unspecified atom stereocenters. The Morgan fingerprint density at radius 3 is 2.65 bits per heavy atom. The van der Waals surface area contributed by atoms with E-state index in [1.54, 1.807) is 0 Å². The van der Waals surface area contributed by atoms with E-state index in [9.17, 15) is 9.59 Å². The Morgan fingerprint density at radius 2 is 2.15 bits per heavy atom. The van der Waals surface area contributed by atoms with Gasteiger partial charge in [0.15, 0.2) is 0 Å². The van der Waals surface area contributed by atoms with Gasteiger partial charge in [0.25, 0.3) is 0 Å². The third-order valence-electron chi connectivity index (χ3n) is 5.34. The van der Waals surface area contributed by atoms with Gasteiger partial charge in [-0.05, 0) is 25.7 Å². The number of hydrogen-bond donors (Lipinski definition) is 2. The van der Waals surface area contributed by atoms with Crippen LogP contribution in [0.25, 0.3) is 0 Å². The molecule has 20 heavy (non-hydrogen) atoms. The van der Waals surface area contributed by atoms with Crippen LogP contribution in [0.5, 0.6) is 0 Å². The van der Waals surface area contributed by atoms with Gasteiger partial charge in [-0.2, -0.15) is 0 Å². The second-order valence-electron chi connectivity index (χ2n) is 6.48. The zero-order valence-electron chi connectivity index (χ0n) is 12.7. The fourth-order valence-corrected chi connectivity index (χ4v) is 3.69. The maximum atomic E-state index is 12.9. The van der Waals surface area contributed by atoms with E-state index in [2.05, 4.69) is 5.32 Å². The molecule has 0 bridgehead atoms. The highest BCUT2D eigenvalue weighted by Crippen LogP contribution is 2.38. The zero-order valence-corrected chi connectivity index (χ0v) is 12.7. The van der Waals surface area contributed by atoms with E-state index in [4.69, 9.17) is 5.73 Å². The first-order chi connectivity index (χ1) is 9.51. The molecule has 1 atom stereocenters. The van der Waals surface area contributed by atoms with Gasteiger partial charge < -0.3 is 16.0 Å². The molecule has 2 rings (SSSR count). The van der Waals surface area contributed by atoms with Crippen LogP contribution in [-0.4, -0.2) is 42.9 Å². The van der Waals surface area contributed by atoms with Crippen molar-refractivity contribution in [1.29, 1.82) is 0 Å². The van der Waals surface area contributed by atoms with Gasteiger partial charge in [0.1, 0.15) is 0 Å². The third-order valence-corrected chi connectivity index (χ3v) is 5.34. The van der Waals surface area contributed by atoms with Gasteiger partial charge in [-0.1, -0.05) is 13.8 Å². The van der Waals surface area contributed by atoms with Gasteiger partial charge in [0.2, 0.25) is 11.8 Å². The van der Waals surface area contributed by atoms with E-state index in [0.717, 1.165) is 32.2 Å². The molecule has 5 heteroatoms. The molecule has 2 heterocycles. The van der Waals surface area contributed by atoms with Crippen LogP contribution in [0.15, 0.2) is 0 Å². The maximum absolute atomic E-state index is 12.9. The van der Waals surface area contributed by atoms with Crippen LogP contribution >= 0.6 is 0 Å². The molecule has 0 radical (unpaired) electrons. The van der Waals surface area contributed by atoms with Crippen LogP contribution in [-0.2, 0) is 9.59 Å².